The number of piperidine rings is 1. The largest absolute Gasteiger partial charge is 0.360 e. The molecule has 0 saturated carbocycles. The number of nitrogens with one attached hydrogen (secondary N) is 1. The second kappa shape index (κ2) is 5.28. The first kappa shape index (κ1) is 11.4. The van der Waals surface area contributed by atoms with E-state index in [2.05, 4.69) is 11.4 Å². The van der Waals surface area contributed by atoms with E-state index in [-0.39, 0.29) is 11.8 Å². The molecular formula is C11H17N3O2. The maximum absolute atomic E-state index is 12.1. The van der Waals surface area contributed by atoms with Crippen molar-refractivity contribution >= 4 is 5.91 Å². The van der Waals surface area contributed by atoms with Gasteiger partial charge in [0.05, 0.1) is 25.1 Å². The summed E-state index contributed by atoms with van der Waals surface area (Å²) in [4.78, 5) is 13.9. The lowest BCUT2D eigenvalue weighted by Crippen LogP contribution is -2.49. The fraction of sp³-hybridized carbons (Fsp3) is 0.818. The SMILES string of the molecule is N#CC1CN(C(=O)[C@@H]2CCCNC2)CCO1. The standard InChI is InChI=1S/C11H17N3O2/c12-6-10-8-14(4-5-16-10)11(15)9-2-1-3-13-7-9/h9-10,13H,1-5,7-8H2/t9-,10?/m1/s1. The summed E-state index contributed by atoms with van der Waals surface area (Å²) in [6.07, 6.45) is 1.57. The third-order valence-electron chi connectivity index (χ3n) is 3.17. The van der Waals surface area contributed by atoms with E-state index in [1.165, 1.54) is 0 Å². The summed E-state index contributed by atoms with van der Waals surface area (Å²) in [6, 6.07) is 2.06. The number of carbonyl (C=O) groups is 1. The van der Waals surface area contributed by atoms with E-state index in [4.69, 9.17) is 10.00 Å². The second-order valence-electron chi connectivity index (χ2n) is 4.32. The van der Waals surface area contributed by atoms with E-state index >= 15 is 0 Å². The highest BCUT2D eigenvalue weighted by Gasteiger charge is 2.29. The minimum Gasteiger partial charge on any atom is -0.360 e. The van der Waals surface area contributed by atoms with Gasteiger partial charge in [-0.15, -0.1) is 0 Å². The molecule has 0 radical (unpaired) electrons. The number of nitriles is 1. The van der Waals surface area contributed by atoms with Gasteiger partial charge in [0.25, 0.3) is 0 Å². The molecule has 2 aliphatic heterocycles. The van der Waals surface area contributed by atoms with Gasteiger partial charge in [-0.2, -0.15) is 5.26 Å². The topological polar surface area (TPSA) is 65.4 Å². The van der Waals surface area contributed by atoms with Crippen molar-refractivity contribution in [1.82, 2.24) is 10.2 Å². The Balaban J connectivity index is 1.90. The third kappa shape index (κ3) is 2.52. The number of hydrogen-bond donors (Lipinski definition) is 1. The maximum atomic E-state index is 12.1. The Kier molecular flexibility index (Phi) is 3.75. The van der Waals surface area contributed by atoms with Gasteiger partial charge in [0.1, 0.15) is 0 Å². The minimum absolute atomic E-state index is 0.0891. The van der Waals surface area contributed by atoms with Gasteiger partial charge in [-0.25, -0.2) is 0 Å². The Hall–Kier alpha value is -1.12. The first-order chi connectivity index (χ1) is 7.81. The normalized spacial score (nSPS) is 30.8. The summed E-state index contributed by atoms with van der Waals surface area (Å²) in [7, 11) is 0. The molecule has 2 atom stereocenters. The van der Waals surface area contributed by atoms with Gasteiger partial charge < -0.3 is 15.0 Å². The average molecular weight is 223 g/mol. The molecule has 1 amide bonds. The molecule has 2 rings (SSSR count). The molecule has 2 fully saturated rings. The van der Waals surface area contributed by atoms with Gasteiger partial charge in [0.15, 0.2) is 6.10 Å². The van der Waals surface area contributed by atoms with Gasteiger partial charge in [-0.1, -0.05) is 0 Å². The van der Waals surface area contributed by atoms with E-state index in [0.717, 1.165) is 25.9 Å². The molecule has 0 aromatic carbocycles. The molecule has 0 aliphatic carbocycles. The van der Waals surface area contributed by atoms with E-state index in [1.54, 1.807) is 4.90 Å². The van der Waals surface area contributed by atoms with Crippen molar-refractivity contribution in [3.63, 3.8) is 0 Å². The van der Waals surface area contributed by atoms with E-state index in [9.17, 15) is 4.79 Å². The zero-order valence-corrected chi connectivity index (χ0v) is 9.32. The molecular weight excluding hydrogens is 206 g/mol. The molecule has 5 nitrogen and oxygen atoms in total. The number of rotatable bonds is 1. The molecule has 0 aromatic heterocycles. The first-order valence-corrected chi connectivity index (χ1v) is 5.82. The number of nitrogens with zero attached hydrogens (tertiary/aromatic N) is 2. The van der Waals surface area contributed by atoms with Gasteiger partial charge in [-0.05, 0) is 19.4 Å². The number of amides is 1. The molecule has 2 saturated heterocycles. The zero-order valence-electron chi connectivity index (χ0n) is 9.32. The lowest BCUT2D eigenvalue weighted by molar-refractivity contribution is -0.141. The number of morpholine rings is 1. The second-order valence-corrected chi connectivity index (χ2v) is 4.32. The Morgan fingerprint density at radius 2 is 2.44 bits per heavy atom. The molecule has 88 valence electrons. The van der Waals surface area contributed by atoms with Crippen LogP contribution in [-0.2, 0) is 9.53 Å². The predicted octanol–water partition coefficient (Wildman–Crippen LogP) is -0.263. The van der Waals surface area contributed by atoms with Gasteiger partial charge in [-0.3, -0.25) is 4.79 Å². The molecule has 1 unspecified atom stereocenters. The fourth-order valence-electron chi connectivity index (χ4n) is 2.25. The lowest BCUT2D eigenvalue weighted by Gasteiger charge is -2.33. The Labute approximate surface area is 95.4 Å². The Bertz CT molecular complexity index is 294. The number of hydrogen-bond acceptors (Lipinski definition) is 4. The predicted molar refractivity (Wildman–Crippen MR) is 57.5 cm³/mol. The highest BCUT2D eigenvalue weighted by Crippen LogP contribution is 2.15. The van der Waals surface area contributed by atoms with Crippen LogP contribution in [0.25, 0.3) is 0 Å². The summed E-state index contributed by atoms with van der Waals surface area (Å²) in [5.41, 5.74) is 0. The van der Waals surface area contributed by atoms with Crippen molar-refractivity contribution in [1.29, 1.82) is 5.26 Å². The molecule has 0 spiro atoms. The summed E-state index contributed by atoms with van der Waals surface area (Å²) >= 11 is 0. The molecule has 2 heterocycles. The van der Waals surface area contributed by atoms with Gasteiger partial charge >= 0.3 is 0 Å². The maximum Gasteiger partial charge on any atom is 0.227 e. The monoisotopic (exact) mass is 223 g/mol. The van der Waals surface area contributed by atoms with Crippen LogP contribution in [0.15, 0.2) is 0 Å². The first-order valence-electron chi connectivity index (χ1n) is 5.82. The molecule has 16 heavy (non-hydrogen) atoms. The number of ether oxygens (including phenoxy) is 1. The molecule has 2 aliphatic rings. The van der Waals surface area contributed by atoms with Crippen LogP contribution in [-0.4, -0.2) is 49.7 Å². The van der Waals surface area contributed by atoms with Crippen LogP contribution in [0.2, 0.25) is 0 Å². The summed E-state index contributed by atoms with van der Waals surface area (Å²) in [6.45, 7) is 3.30. The van der Waals surface area contributed by atoms with Crippen molar-refractivity contribution in [3.05, 3.63) is 0 Å². The highest BCUT2D eigenvalue weighted by molar-refractivity contribution is 5.79. The van der Waals surface area contributed by atoms with Gasteiger partial charge in [0, 0.05) is 13.1 Å². The Morgan fingerprint density at radius 3 is 3.12 bits per heavy atom. The van der Waals surface area contributed by atoms with Crippen molar-refractivity contribution in [2.24, 2.45) is 5.92 Å². The van der Waals surface area contributed by atoms with Crippen molar-refractivity contribution < 1.29 is 9.53 Å². The van der Waals surface area contributed by atoms with Crippen LogP contribution in [0.1, 0.15) is 12.8 Å². The van der Waals surface area contributed by atoms with E-state index in [0.29, 0.717) is 19.7 Å². The van der Waals surface area contributed by atoms with Crippen LogP contribution >= 0.6 is 0 Å². The van der Waals surface area contributed by atoms with Crippen LogP contribution in [0.5, 0.6) is 0 Å². The quantitative estimate of drug-likeness (QED) is 0.665. The van der Waals surface area contributed by atoms with Crippen molar-refractivity contribution in [2.75, 3.05) is 32.8 Å². The van der Waals surface area contributed by atoms with Crippen LogP contribution < -0.4 is 5.32 Å². The van der Waals surface area contributed by atoms with Crippen LogP contribution in [0.4, 0.5) is 0 Å². The Morgan fingerprint density at radius 1 is 1.56 bits per heavy atom. The van der Waals surface area contributed by atoms with E-state index < -0.39 is 6.10 Å². The summed E-state index contributed by atoms with van der Waals surface area (Å²) in [5, 5.41) is 12.0. The fourth-order valence-corrected chi connectivity index (χ4v) is 2.25. The third-order valence-corrected chi connectivity index (χ3v) is 3.17. The average Bonchev–Trinajstić information content (AvgIpc) is 2.39. The molecule has 5 heteroatoms. The summed E-state index contributed by atoms with van der Waals surface area (Å²) in [5.74, 6) is 0.266. The molecule has 0 aromatic rings. The van der Waals surface area contributed by atoms with Gasteiger partial charge in [0.2, 0.25) is 5.91 Å². The minimum atomic E-state index is -0.450. The van der Waals surface area contributed by atoms with Crippen LogP contribution in [0, 0.1) is 17.2 Å². The zero-order chi connectivity index (χ0) is 11.4. The van der Waals surface area contributed by atoms with Crippen LogP contribution in [0.3, 0.4) is 0 Å². The van der Waals surface area contributed by atoms with Crippen molar-refractivity contribution in [2.45, 2.75) is 18.9 Å². The molecule has 1 N–H and O–H groups in total. The smallest absolute Gasteiger partial charge is 0.227 e. The number of carbonyl (C=O) groups excluding carboxylic acids is 1. The summed E-state index contributed by atoms with van der Waals surface area (Å²) < 4.78 is 5.22. The molecule has 0 bridgehead atoms. The highest BCUT2D eigenvalue weighted by atomic mass is 16.5. The van der Waals surface area contributed by atoms with E-state index in [1.807, 2.05) is 0 Å². The van der Waals surface area contributed by atoms with Crippen molar-refractivity contribution in [3.8, 4) is 6.07 Å². The lowest BCUT2D eigenvalue weighted by atomic mass is 9.98.